The Balaban J connectivity index is 1.69. The monoisotopic (exact) mass is 430 g/mol. The first-order valence-electron chi connectivity index (χ1n) is 8.22. The number of aromatic nitrogens is 1. The second kappa shape index (κ2) is 8.47. The Morgan fingerprint density at radius 1 is 1.23 bits per heavy atom. The average molecular weight is 431 g/mol. The van der Waals surface area contributed by atoms with Gasteiger partial charge in [0.25, 0.3) is 5.91 Å². The van der Waals surface area contributed by atoms with Gasteiger partial charge in [-0.25, -0.2) is 4.98 Å². The van der Waals surface area contributed by atoms with Crippen molar-refractivity contribution in [2.45, 2.75) is 26.5 Å². The molecule has 1 unspecified atom stereocenters. The molecule has 0 aliphatic carbocycles. The molecule has 3 rings (SSSR count). The summed E-state index contributed by atoms with van der Waals surface area (Å²) in [6.07, 6.45) is 0. The summed E-state index contributed by atoms with van der Waals surface area (Å²) < 4.78 is 6.85. The maximum absolute atomic E-state index is 12.7. The number of amides is 1. The van der Waals surface area contributed by atoms with Gasteiger partial charge in [-0.15, -0.1) is 11.3 Å². The molecule has 6 heteroatoms. The average Bonchev–Trinajstić information content (AvgIpc) is 3.06. The quantitative estimate of drug-likeness (QED) is 0.578. The van der Waals surface area contributed by atoms with Crippen LogP contribution in [0.2, 0.25) is 0 Å². The van der Waals surface area contributed by atoms with Gasteiger partial charge < -0.3 is 10.1 Å². The molecular weight excluding hydrogens is 412 g/mol. The van der Waals surface area contributed by atoms with E-state index in [2.05, 4.69) is 26.2 Å². The maximum Gasteiger partial charge on any atom is 0.255 e. The lowest BCUT2D eigenvalue weighted by atomic mass is 10.1. The van der Waals surface area contributed by atoms with Crippen molar-refractivity contribution in [3.8, 4) is 5.75 Å². The molecule has 1 atom stereocenters. The summed E-state index contributed by atoms with van der Waals surface area (Å²) in [6.45, 7) is 4.26. The molecule has 0 aliphatic heterocycles. The molecule has 0 saturated heterocycles. The number of hydrogen-bond donors (Lipinski definition) is 1. The predicted molar refractivity (Wildman–Crippen MR) is 108 cm³/mol. The van der Waals surface area contributed by atoms with E-state index in [1.807, 2.05) is 55.6 Å². The topological polar surface area (TPSA) is 51.2 Å². The van der Waals surface area contributed by atoms with Crippen LogP contribution in [0.4, 0.5) is 0 Å². The zero-order valence-corrected chi connectivity index (χ0v) is 16.9. The van der Waals surface area contributed by atoms with E-state index in [0.717, 1.165) is 20.7 Å². The second-order valence-electron chi connectivity index (χ2n) is 5.89. The van der Waals surface area contributed by atoms with E-state index < -0.39 is 0 Å². The minimum atomic E-state index is -0.162. The van der Waals surface area contributed by atoms with Gasteiger partial charge >= 0.3 is 0 Å². The molecule has 0 radical (unpaired) electrons. The van der Waals surface area contributed by atoms with Gasteiger partial charge in [-0.1, -0.05) is 40.2 Å². The smallest absolute Gasteiger partial charge is 0.255 e. The van der Waals surface area contributed by atoms with Gasteiger partial charge in [-0.2, -0.15) is 0 Å². The van der Waals surface area contributed by atoms with E-state index in [9.17, 15) is 4.79 Å². The third-order valence-corrected chi connectivity index (χ3v) is 5.24. The third-order valence-electron chi connectivity index (χ3n) is 3.89. The van der Waals surface area contributed by atoms with Gasteiger partial charge in [0.05, 0.1) is 22.3 Å². The molecule has 0 bridgehead atoms. The summed E-state index contributed by atoms with van der Waals surface area (Å²) in [7, 11) is 0. The Morgan fingerprint density at radius 3 is 2.65 bits per heavy atom. The van der Waals surface area contributed by atoms with Crippen LogP contribution in [0.5, 0.6) is 5.75 Å². The summed E-state index contributed by atoms with van der Waals surface area (Å²) in [5.74, 6) is 0.393. The number of aryl methyl sites for hydroxylation is 1. The summed E-state index contributed by atoms with van der Waals surface area (Å²) in [6, 6.07) is 15.1. The first-order valence-corrected chi connectivity index (χ1v) is 9.89. The fourth-order valence-electron chi connectivity index (χ4n) is 2.52. The molecule has 0 aliphatic rings. The van der Waals surface area contributed by atoms with Crippen LogP contribution in [0.15, 0.2) is 58.4 Å². The van der Waals surface area contributed by atoms with Crippen LogP contribution in [0.25, 0.3) is 0 Å². The van der Waals surface area contributed by atoms with Crippen LogP contribution in [0, 0.1) is 6.92 Å². The Bertz CT molecular complexity index is 893. The number of nitrogens with one attached hydrogen (secondary N) is 1. The van der Waals surface area contributed by atoms with Gasteiger partial charge in [0.1, 0.15) is 12.4 Å². The number of benzene rings is 2. The number of para-hydroxylation sites is 1. The summed E-state index contributed by atoms with van der Waals surface area (Å²) in [4.78, 5) is 17.1. The number of ether oxygens (including phenoxy) is 1. The number of halogens is 1. The summed E-state index contributed by atoms with van der Waals surface area (Å²) in [5.41, 5.74) is 2.42. The van der Waals surface area contributed by atoms with Crippen molar-refractivity contribution in [2.75, 3.05) is 0 Å². The fourth-order valence-corrected chi connectivity index (χ4v) is 3.38. The van der Waals surface area contributed by atoms with Gasteiger partial charge in [0, 0.05) is 9.85 Å². The Morgan fingerprint density at radius 2 is 1.96 bits per heavy atom. The lowest BCUT2D eigenvalue weighted by Gasteiger charge is -2.16. The standard InChI is InChI=1S/C20H19BrN2O2S/c1-13(15-7-9-16(21)10-8-15)22-20(24)18-5-3-4-6-19(18)25-11-17-12-26-14(2)23-17/h3-10,12-13H,11H2,1-2H3,(H,22,24). The van der Waals surface area contributed by atoms with E-state index in [-0.39, 0.29) is 11.9 Å². The zero-order chi connectivity index (χ0) is 18.5. The number of carbonyl (C=O) groups excluding carboxylic acids is 1. The highest BCUT2D eigenvalue weighted by atomic mass is 79.9. The number of rotatable bonds is 6. The second-order valence-corrected chi connectivity index (χ2v) is 7.87. The fraction of sp³-hybridized carbons (Fsp3) is 0.200. The molecule has 0 saturated carbocycles. The van der Waals surface area contributed by atoms with Crippen LogP contribution in [-0.2, 0) is 6.61 Å². The highest BCUT2D eigenvalue weighted by molar-refractivity contribution is 9.10. The van der Waals surface area contributed by atoms with E-state index in [1.54, 1.807) is 23.5 Å². The van der Waals surface area contributed by atoms with Gasteiger partial charge in [-0.05, 0) is 43.7 Å². The van der Waals surface area contributed by atoms with Crippen molar-refractivity contribution in [1.82, 2.24) is 10.3 Å². The van der Waals surface area contributed by atoms with Crippen molar-refractivity contribution >= 4 is 33.2 Å². The van der Waals surface area contributed by atoms with Gasteiger partial charge in [0.15, 0.2) is 0 Å². The molecule has 1 aromatic heterocycles. The van der Waals surface area contributed by atoms with Crippen LogP contribution >= 0.6 is 27.3 Å². The normalized spacial score (nSPS) is 11.8. The van der Waals surface area contributed by atoms with Crippen molar-refractivity contribution in [1.29, 1.82) is 0 Å². The van der Waals surface area contributed by atoms with Crippen LogP contribution in [0.1, 0.15) is 39.6 Å². The van der Waals surface area contributed by atoms with Crippen LogP contribution in [-0.4, -0.2) is 10.9 Å². The number of hydrogen-bond acceptors (Lipinski definition) is 4. The zero-order valence-electron chi connectivity index (χ0n) is 14.5. The molecule has 1 heterocycles. The minimum Gasteiger partial charge on any atom is -0.486 e. The number of carbonyl (C=O) groups is 1. The van der Waals surface area contributed by atoms with E-state index in [0.29, 0.717) is 17.9 Å². The molecule has 0 spiro atoms. The van der Waals surface area contributed by atoms with Crippen molar-refractivity contribution in [2.24, 2.45) is 0 Å². The summed E-state index contributed by atoms with van der Waals surface area (Å²) in [5, 5.41) is 5.99. The highest BCUT2D eigenvalue weighted by Gasteiger charge is 2.16. The first kappa shape index (κ1) is 18.6. The van der Waals surface area contributed by atoms with E-state index >= 15 is 0 Å². The molecule has 1 amide bonds. The van der Waals surface area contributed by atoms with Gasteiger partial charge in [-0.3, -0.25) is 4.79 Å². The number of thiazole rings is 1. The lowest BCUT2D eigenvalue weighted by Crippen LogP contribution is -2.27. The van der Waals surface area contributed by atoms with Crippen LogP contribution in [0.3, 0.4) is 0 Å². The maximum atomic E-state index is 12.7. The Labute approximate surface area is 165 Å². The Hall–Kier alpha value is -2.18. The molecule has 0 fully saturated rings. The van der Waals surface area contributed by atoms with E-state index in [1.165, 1.54) is 0 Å². The largest absolute Gasteiger partial charge is 0.486 e. The minimum absolute atomic E-state index is 0.107. The van der Waals surface area contributed by atoms with Crippen molar-refractivity contribution < 1.29 is 9.53 Å². The molecule has 3 aromatic rings. The highest BCUT2D eigenvalue weighted by Crippen LogP contribution is 2.22. The van der Waals surface area contributed by atoms with E-state index in [4.69, 9.17) is 4.74 Å². The predicted octanol–water partition coefficient (Wildman–Crippen LogP) is 5.28. The van der Waals surface area contributed by atoms with Crippen LogP contribution < -0.4 is 10.1 Å². The molecule has 1 N–H and O–H groups in total. The van der Waals surface area contributed by atoms with Gasteiger partial charge in [0.2, 0.25) is 0 Å². The summed E-state index contributed by atoms with van der Waals surface area (Å²) >= 11 is 5.00. The SMILES string of the molecule is Cc1nc(COc2ccccc2C(=O)NC(C)c2ccc(Br)cc2)cs1. The lowest BCUT2D eigenvalue weighted by molar-refractivity contribution is 0.0935. The third kappa shape index (κ3) is 4.71. The molecular formula is C20H19BrN2O2S. The molecule has 4 nitrogen and oxygen atoms in total. The molecule has 26 heavy (non-hydrogen) atoms. The first-order chi connectivity index (χ1) is 12.5. The molecule has 2 aromatic carbocycles. The number of nitrogens with zero attached hydrogens (tertiary/aromatic N) is 1. The van der Waals surface area contributed by atoms with Crippen molar-refractivity contribution in [3.05, 3.63) is 80.2 Å². The Kier molecular flexibility index (Phi) is 6.06. The molecule has 134 valence electrons. The van der Waals surface area contributed by atoms with Crippen molar-refractivity contribution in [3.63, 3.8) is 0 Å².